The van der Waals surface area contributed by atoms with Gasteiger partial charge >= 0.3 is 0 Å². The summed E-state index contributed by atoms with van der Waals surface area (Å²) in [6.07, 6.45) is 0.471. The van der Waals surface area contributed by atoms with Crippen molar-refractivity contribution in [3.63, 3.8) is 0 Å². The van der Waals surface area contributed by atoms with E-state index < -0.39 is 0 Å². The van der Waals surface area contributed by atoms with Gasteiger partial charge in [0.05, 0.1) is 12.2 Å². The highest BCUT2D eigenvalue weighted by Crippen LogP contribution is 2.33. The van der Waals surface area contributed by atoms with Crippen LogP contribution in [0, 0.1) is 6.92 Å². The number of carbonyl (C=O) groups is 1. The van der Waals surface area contributed by atoms with Crippen LogP contribution in [0.2, 0.25) is 0 Å². The molecule has 2 aromatic rings. The van der Waals surface area contributed by atoms with Gasteiger partial charge in [-0.2, -0.15) is 0 Å². The summed E-state index contributed by atoms with van der Waals surface area (Å²) in [5.74, 6) is 0.848. The first-order chi connectivity index (χ1) is 9.22. The average Bonchev–Trinajstić information content (AvgIpc) is 2.39. The average molecular weight is 271 g/mol. The van der Waals surface area contributed by atoms with E-state index in [2.05, 4.69) is 4.98 Å². The fourth-order valence-electron chi connectivity index (χ4n) is 2.00. The Kier molecular flexibility index (Phi) is 3.25. The summed E-state index contributed by atoms with van der Waals surface area (Å²) in [5, 5.41) is 0.946. The number of rotatable bonds is 2. The summed E-state index contributed by atoms with van der Waals surface area (Å²) < 4.78 is 5.54. The molecular formula is C15H13NO2S. The van der Waals surface area contributed by atoms with Gasteiger partial charge in [-0.05, 0) is 37.3 Å². The summed E-state index contributed by atoms with van der Waals surface area (Å²) >= 11 is 1.57. The standard InChI is InChI=1S/C15H13NO2S/c1-10-3-2-4-15(16-10)19-11-5-6-12-13(17)7-8-18-14(12)9-11/h2-6,9H,7-8H2,1H3. The van der Waals surface area contributed by atoms with Crippen molar-refractivity contribution in [2.45, 2.75) is 23.3 Å². The number of aryl methyl sites for hydroxylation is 1. The Bertz CT molecular complexity index is 640. The van der Waals surface area contributed by atoms with Crippen LogP contribution < -0.4 is 4.74 Å². The van der Waals surface area contributed by atoms with Gasteiger partial charge in [0, 0.05) is 17.0 Å². The molecule has 0 unspecified atom stereocenters. The molecule has 1 aromatic heterocycles. The second-order valence-electron chi connectivity index (χ2n) is 4.40. The molecule has 0 aliphatic carbocycles. The van der Waals surface area contributed by atoms with Crippen molar-refractivity contribution in [1.82, 2.24) is 4.98 Å². The second-order valence-corrected chi connectivity index (χ2v) is 5.49. The van der Waals surface area contributed by atoms with E-state index in [1.54, 1.807) is 11.8 Å². The number of benzene rings is 1. The monoisotopic (exact) mass is 271 g/mol. The molecule has 96 valence electrons. The number of hydrogen-bond donors (Lipinski definition) is 0. The van der Waals surface area contributed by atoms with E-state index >= 15 is 0 Å². The molecule has 3 nitrogen and oxygen atoms in total. The molecule has 1 aliphatic rings. The van der Waals surface area contributed by atoms with Crippen LogP contribution in [0.5, 0.6) is 5.75 Å². The van der Waals surface area contributed by atoms with E-state index in [1.165, 1.54) is 0 Å². The molecule has 0 bridgehead atoms. The molecule has 1 aromatic carbocycles. The molecule has 0 saturated heterocycles. The molecule has 0 atom stereocenters. The van der Waals surface area contributed by atoms with Crippen LogP contribution in [0.15, 0.2) is 46.3 Å². The second kappa shape index (κ2) is 5.05. The van der Waals surface area contributed by atoms with Crippen LogP contribution in [0.25, 0.3) is 0 Å². The lowest BCUT2D eigenvalue weighted by Crippen LogP contribution is -2.14. The van der Waals surface area contributed by atoms with Gasteiger partial charge in [-0.3, -0.25) is 4.79 Å². The van der Waals surface area contributed by atoms with E-state index in [4.69, 9.17) is 4.74 Å². The first-order valence-electron chi connectivity index (χ1n) is 6.14. The molecule has 19 heavy (non-hydrogen) atoms. The van der Waals surface area contributed by atoms with Gasteiger partial charge in [0.1, 0.15) is 10.8 Å². The number of hydrogen-bond acceptors (Lipinski definition) is 4. The van der Waals surface area contributed by atoms with Crippen molar-refractivity contribution in [2.24, 2.45) is 0 Å². The van der Waals surface area contributed by atoms with Crippen LogP contribution >= 0.6 is 11.8 Å². The molecular weight excluding hydrogens is 258 g/mol. The van der Waals surface area contributed by atoms with Crippen LogP contribution in [-0.4, -0.2) is 17.4 Å². The third kappa shape index (κ3) is 2.63. The third-order valence-corrected chi connectivity index (χ3v) is 3.85. The van der Waals surface area contributed by atoms with Gasteiger partial charge in [0.2, 0.25) is 0 Å². The lowest BCUT2D eigenvalue weighted by Gasteiger charge is -2.16. The van der Waals surface area contributed by atoms with Gasteiger partial charge in [-0.25, -0.2) is 4.98 Å². The number of Topliss-reactive ketones (excluding diaryl/α,β-unsaturated/α-hetero) is 1. The van der Waals surface area contributed by atoms with E-state index in [-0.39, 0.29) is 5.78 Å². The third-order valence-electron chi connectivity index (χ3n) is 2.93. The highest BCUT2D eigenvalue weighted by atomic mass is 32.2. The zero-order valence-electron chi connectivity index (χ0n) is 10.6. The fraction of sp³-hybridized carbons (Fsp3) is 0.200. The van der Waals surface area contributed by atoms with Crippen molar-refractivity contribution >= 4 is 17.5 Å². The zero-order valence-corrected chi connectivity index (χ0v) is 11.4. The quantitative estimate of drug-likeness (QED) is 0.838. The van der Waals surface area contributed by atoms with Crippen LogP contribution in [0.3, 0.4) is 0 Å². The van der Waals surface area contributed by atoms with Gasteiger partial charge in [-0.1, -0.05) is 17.8 Å². The van der Waals surface area contributed by atoms with Crippen molar-refractivity contribution in [1.29, 1.82) is 0 Å². The van der Waals surface area contributed by atoms with Crippen molar-refractivity contribution < 1.29 is 9.53 Å². The van der Waals surface area contributed by atoms with Crippen LogP contribution in [0.4, 0.5) is 0 Å². The summed E-state index contributed by atoms with van der Waals surface area (Å²) in [5.41, 5.74) is 1.68. The number of fused-ring (bicyclic) bond motifs is 1. The Morgan fingerprint density at radius 2 is 2.16 bits per heavy atom. The Morgan fingerprint density at radius 3 is 3.00 bits per heavy atom. The highest BCUT2D eigenvalue weighted by Gasteiger charge is 2.18. The van der Waals surface area contributed by atoms with E-state index in [9.17, 15) is 4.79 Å². The fourth-order valence-corrected chi connectivity index (χ4v) is 2.88. The molecule has 0 spiro atoms. The molecule has 2 heterocycles. The predicted molar refractivity (Wildman–Crippen MR) is 74.0 cm³/mol. The van der Waals surface area contributed by atoms with Gasteiger partial charge in [0.15, 0.2) is 5.78 Å². The highest BCUT2D eigenvalue weighted by molar-refractivity contribution is 7.99. The minimum atomic E-state index is 0.159. The minimum absolute atomic E-state index is 0.159. The topological polar surface area (TPSA) is 39.2 Å². The SMILES string of the molecule is Cc1cccc(Sc2ccc3c(c2)OCCC3=O)n1. The first-order valence-corrected chi connectivity index (χ1v) is 6.95. The maximum atomic E-state index is 11.7. The normalized spacial score (nSPS) is 13.8. The summed E-state index contributed by atoms with van der Waals surface area (Å²) in [4.78, 5) is 17.2. The maximum Gasteiger partial charge on any atom is 0.169 e. The minimum Gasteiger partial charge on any atom is -0.492 e. The Hall–Kier alpha value is -1.81. The Balaban J connectivity index is 1.88. The molecule has 0 radical (unpaired) electrons. The number of ether oxygens (including phenoxy) is 1. The van der Waals surface area contributed by atoms with Gasteiger partial charge in [-0.15, -0.1) is 0 Å². The molecule has 3 rings (SSSR count). The maximum absolute atomic E-state index is 11.7. The van der Waals surface area contributed by atoms with Crippen molar-refractivity contribution in [2.75, 3.05) is 6.61 Å². The van der Waals surface area contributed by atoms with E-state index in [0.717, 1.165) is 15.6 Å². The summed E-state index contributed by atoms with van der Waals surface area (Å²) in [6, 6.07) is 11.6. The van der Waals surface area contributed by atoms with Crippen molar-refractivity contribution in [3.8, 4) is 5.75 Å². The van der Waals surface area contributed by atoms with Crippen molar-refractivity contribution in [3.05, 3.63) is 47.7 Å². The Morgan fingerprint density at radius 1 is 1.26 bits per heavy atom. The lowest BCUT2D eigenvalue weighted by molar-refractivity contribution is 0.0933. The van der Waals surface area contributed by atoms with Crippen LogP contribution in [0.1, 0.15) is 22.5 Å². The molecule has 1 aliphatic heterocycles. The predicted octanol–water partition coefficient (Wildman–Crippen LogP) is 3.51. The van der Waals surface area contributed by atoms with E-state index in [0.29, 0.717) is 24.3 Å². The number of aromatic nitrogens is 1. The largest absolute Gasteiger partial charge is 0.492 e. The molecule has 0 fully saturated rings. The molecule has 0 saturated carbocycles. The zero-order chi connectivity index (χ0) is 13.2. The number of nitrogens with zero attached hydrogens (tertiary/aromatic N) is 1. The molecule has 0 N–H and O–H groups in total. The molecule has 4 heteroatoms. The molecule has 0 amide bonds. The first kappa shape index (κ1) is 12.2. The smallest absolute Gasteiger partial charge is 0.169 e. The van der Waals surface area contributed by atoms with E-state index in [1.807, 2.05) is 43.3 Å². The lowest BCUT2D eigenvalue weighted by atomic mass is 10.1. The summed E-state index contributed by atoms with van der Waals surface area (Å²) in [6.45, 7) is 2.45. The number of pyridine rings is 1. The van der Waals surface area contributed by atoms with Crippen LogP contribution in [-0.2, 0) is 0 Å². The summed E-state index contributed by atoms with van der Waals surface area (Å²) in [7, 11) is 0. The Labute approximate surface area is 116 Å². The van der Waals surface area contributed by atoms with Gasteiger partial charge < -0.3 is 4.74 Å². The number of carbonyl (C=O) groups excluding carboxylic acids is 1. The van der Waals surface area contributed by atoms with Gasteiger partial charge in [0.25, 0.3) is 0 Å². The number of ketones is 1.